The smallest absolute Gasteiger partial charge is 0.221 e. The van der Waals surface area contributed by atoms with Gasteiger partial charge >= 0.3 is 0 Å². The number of carbonyl (C=O) groups excluding carboxylic acids is 1. The molecule has 2 N–H and O–H groups in total. The van der Waals surface area contributed by atoms with Crippen LogP contribution < -0.4 is 10.6 Å². The van der Waals surface area contributed by atoms with Crippen LogP contribution in [-0.2, 0) is 11.3 Å². The number of hydrogen-bond acceptors (Lipinski definition) is 3. The van der Waals surface area contributed by atoms with Gasteiger partial charge in [0.1, 0.15) is 0 Å². The summed E-state index contributed by atoms with van der Waals surface area (Å²) in [6, 6.07) is 3.96. The van der Waals surface area contributed by atoms with E-state index in [2.05, 4.69) is 15.6 Å². The van der Waals surface area contributed by atoms with Crippen LogP contribution in [0.4, 0.5) is 0 Å². The number of hydrogen-bond donors (Lipinski definition) is 2. The maximum atomic E-state index is 11.6. The monoisotopic (exact) mass is 249 g/mol. The van der Waals surface area contributed by atoms with Crippen LogP contribution in [0, 0.1) is 6.92 Å². The summed E-state index contributed by atoms with van der Waals surface area (Å²) in [5.74, 6) is 0.0766. The standard InChI is InChI=1S/C14H23N3O/c1-11-6-5-8-16-12(11)10-15-9-7-13(18)17-14(2,3)4/h5-6,8,15H,7,9-10H2,1-4H3,(H,17,18). The number of amides is 1. The second kappa shape index (κ2) is 6.50. The highest BCUT2D eigenvalue weighted by molar-refractivity contribution is 5.76. The lowest BCUT2D eigenvalue weighted by molar-refractivity contribution is -0.122. The molecule has 0 saturated heterocycles. The fourth-order valence-corrected chi connectivity index (χ4v) is 1.59. The molecule has 0 aliphatic rings. The van der Waals surface area contributed by atoms with Crippen LogP contribution in [0.25, 0.3) is 0 Å². The molecule has 4 nitrogen and oxygen atoms in total. The average molecular weight is 249 g/mol. The lowest BCUT2D eigenvalue weighted by Crippen LogP contribution is -2.41. The van der Waals surface area contributed by atoms with Gasteiger partial charge in [-0.25, -0.2) is 0 Å². The van der Waals surface area contributed by atoms with Crippen molar-refractivity contribution in [3.8, 4) is 0 Å². The number of carbonyl (C=O) groups is 1. The van der Waals surface area contributed by atoms with Crippen molar-refractivity contribution in [1.29, 1.82) is 0 Å². The first kappa shape index (κ1) is 14.6. The Kier molecular flexibility index (Phi) is 5.28. The molecule has 0 spiro atoms. The van der Waals surface area contributed by atoms with Crippen molar-refractivity contribution >= 4 is 5.91 Å². The van der Waals surface area contributed by atoms with Crippen LogP contribution in [0.15, 0.2) is 18.3 Å². The average Bonchev–Trinajstić information content (AvgIpc) is 2.24. The molecule has 1 amide bonds. The first-order chi connectivity index (χ1) is 8.38. The summed E-state index contributed by atoms with van der Waals surface area (Å²) in [5, 5.41) is 6.17. The summed E-state index contributed by atoms with van der Waals surface area (Å²) < 4.78 is 0. The molecular weight excluding hydrogens is 226 g/mol. The van der Waals surface area contributed by atoms with Gasteiger partial charge in [0, 0.05) is 31.2 Å². The largest absolute Gasteiger partial charge is 0.351 e. The second-order valence-electron chi connectivity index (χ2n) is 5.49. The summed E-state index contributed by atoms with van der Waals surface area (Å²) in [5.41, 5.74) is 2.05. The molecule has 0 aromatic carbocycles. The van der Waals surface area contributed by atoms with Gasteiger partial charge in [-0.05, 0) is 39.3 Å². The third-order valence-electron chi connectivity index (χ3n) is 2.45. The molecular formula is C14H23N3O. The highest BCUT2D eigenvalue weighted by Gasteiger charge is 2.12. The molecule has 0 saturated carbocycles. The quantitative estimate of drug-likeness (QED) is 0.782. The molecule has 1 heterocycles. The highest BCUT2D eigenvalue weighted by atomic mass is 16.1. The maximum Gasteiger partial charge on any atom is 0.221 e. The topological polar surface area (TPSA) is 54.0 Å². The Morgan fingerprint density at radius 1 is 1.39 bits per heavy atom. The molecule has 0 aliphatic carbocycles. The van der Waals surface area contributed by atoms with E-state index in [4.69, 9.17) is 0 Å². The summed E-state index contributed by atoms with van der Waals surface area (Å²) in [6.45, 7) is 9.35. The number of pyridine rings is 1. The van der Waals surface area contributed by atoms with Crippen molar-refractivity contribution in [3.05, 3.63) is 29.6 Å². The molecule has 0 bridgehead atoms. The van der Waals surface area contributed by atoms with Crippen molar-refractivity contribution in [2.24, 2.45) is 0 Å². The predicted molar refractivity (Wildman–Crippen MR) is 73.2 cm³/mol. The third kappa shape index (κ3) is 5.77. The molecule has 0 atom stereocenters. The van der Waals surface area contributed by atoms with Crippen LogP contribution in [0.5, 0.6) is 0 Å². The Morgan fingerprint density at radius 2 is 2.11 bits per heavy atom. The zero-order valence-electron chi connectivity index (χ0n) is 11.7. The summed E-state index contributed by atoms with van der Waals surface area (Å²) in [6.07, 6.45) is 2.28. The van der Waals surface area contributed by atoms with Crippen LogP contribution >= 0.6 is 0 Å². The number of nitrogens with zero attached hydrogens (tertiary/aromatic N) is 1. The summed E-state index contributed by atoms with van der Waals surface area (Å²) >= 11 is 0. The molecule has 1 rings (SSSR count). The first-order valence-corrected chi connectivity index (χ1v) is 6.31. The summed E-state index contributed by atoms with van der Waals surface area (Å²) in [7, 11) is 0. The minimum absolute atomic E-state index is 0.0766. The zero-order valence-corrected chi connectivity index (χ0v) is 11.7. The molecule has 18 heavy (non-hydrogen) atoms. The van der Waals surface area contributed by atoms with Crippen LogP contribution in [-0.4, -0.2) is 23.0 Å². The van der Waals surface area contributed by atoms with E-state index < -0.39 is 0 Å². The molecule has 0 fully saturated rings. The number of aryl methyl sites for hydroxylation is 1. The minimum atomic E-state index is -0.158. The molecule has 0 unspecified atom stereocenters. The lowest BCUT2D eigenvalue weighted by Gasteiger charge is -2.20. The Bertz CT molecular complexity index is 396. The van der Waals surface area contributed by atoms with E-state index in [0.29, 0.717) is 19.5 Å². The molecule has 0 aliphatic heterocycles. The van der Waals surface area contributed by atoms with Crippen LogP contribution in [0.2, 0.25) is 0 Å². The fraction of sp³-hybridized carbons (Fsp3) is 0.571. The zero-order chi connectivity index (χ0) is 13.6. The molecule has 1 aromatic rings. The lowest BCUT2D eigenvalue weighted by atomic mass is 10.1. The number of nitrogens with one attached hydrogen (secondary N) is 2. The van der Waals surface area contributed by atoms with E-state index in [1.54, 1.807) is 6.20 Å². The van der Waals surface area contributed by atoms with Gasteiger partial charge in [0.2, 0.25) is 5.91 Å². The Hall–Kier alpha value is -1.42. The highest BCUT2D eigenvalue weighted by Crippen LogP contribution is 2.02. The molecule has 0 radical (unpaired) electrons. The predicted octanol–water partition coefficient (Wildman–Crippen LogP) is 1.78. The normalized spacial score (nSPS) is 11.3. The third-order valence-corrected chi connectivity index (χ3v) is 2.45. The van der Waals surface area contributed by atoms with Crippen molar-refractivity contribution in [1.82, 2.24) is 15.6 Å². The van der Waals surface area contributed by atoms with E-state index in [0.717, 1.165) is 5.69 Å². The maximum absolute atomic E-state index is 11.6. The second-order valence-corrected chi connectivity index (χ2v) is 5.49. The van der Waals surface area contributed by atoms with Gasteiger partial charge in [0.15, 0.2) is 0 Å². The first-order valence-electron chi connectivity index (χ1n) is 6.31. The van der Waals surface area contributed by atoms with E-state index in [-0.39, 0.29) is 11.4 Å². The molecule has 100 valence electrons. The van der Waals surface area contributed by atoms with Crippen molar-refractivity contribution in [2.45, 2.75) is 46.2 Å². The van der Waals surface area contributed by atoms with Gasteiger partial charge < -0.3 is 10.6 Å². The SMILES string of the molecule is Cc1cccnc1CNCCC(=O)NC(C)(C)C. The summed E-state index contributed by atoms with van der Waals surface area (Å²) in [4.78, 5) is 15.9. The van der Waals surface area contributed by atoms with Crippen LogP contribution in [0.3, 0.4) is 0 Å². The van der Waals surface area contributed by atoms with Crippen molar-refractivity contribution in [3.63, 3.8) is 0 Å². The minimum Gasteiger partial charge on any atom is -0.351 e. The van der Waals surface area contributed by atoms with Crippen molar-refractivity contribution in [2.75, 3.05) is 6.54 Å². The number of aromatic nitrogens is 1. The van der Waals surface area contributed by atoms with E-state index in [1.807, 2.05) is 39.8 Å². The fourth-order valence-electron chi connectivity index (χ4n) is 1.59. The van der Waals surface area contributed by atoms with Gasteiger partial charge in [-0.3, -0.25) is 9.78 Å². The van der Waals surface area contributed by atoms with E-state index in [1.165, 1.54) is 5.56 Å². The van der Waals surface area contributed by atoms with Gasteiger partial charge in [-0.1, -0.05) is 6.07 Å². The van der Waals surface area contributed by atoms with Gasteiger partial charge in [-0.15, -0.1) is 0 Å². The van der Waals surface area contributed by atoms with Gasteiger partial charge in [-0.2, -0.15) is 0 Å². The number of rotatable bonds is 5. The molecule has 4 heteroatoms. The van der Waals surface area contributed by atoms with Crippen molar-refractivity contribution < 1.29 is 4.79 Å². The Labute approximate surface area is 109 Å². The van der Waals surface area contributed by atoms with Gasteiger partial charge in [0.05, 0.1) is 5.69 Å². The van der Waals surface area contributed by atoms with Crippen LogP contribution in [0.1, 0.15) is 38.4 Å². The van der Waals surface area contributed by atoms with Gasteiger partial charge in [0.25, 0.3) is 0 Å². The van der Waals surface area contributed by atoms with E-state index in [9.17, 15) is 4.79 Å². The van der Waals surface area contributed by atoms with E-state index >= 15 is 0 Å². The Morgan fingerprint density at radius 3 is 2.72 bits per heavy atom. The Balaban J connectivity index is 2.23. The molecule has 1 aromatic heterocycles.